The van der Waals surface area contributed by atoms with Gasteiger partial charge in [0.2, 0.25) is 0 Å². The average molecular weight is 302 g/mol. The first-order valence-electron chi connectivity index (χ1n) is 7.78. The van der Waals surface area contributed by atoms with Crippen LogP contribution < -0.4 is 0 Å². The summed E-state index contributed by atoms with van der Waals surface area (Å²) >= 11 is 4.13. The molecule has 2 nitrogen and oxygen atoms in total. The zero-order valence-electron chi connectivity index (χ0n) is 12.0. The third-order valence-corrected chi connectivity index (χ3v) is 7.15. The molecule has 19 heavy (non-hydrogen) atoms. The highest BCUT2D eigenvalue weighted by Crippen LogP contribution is 2.47. The predicted octanol–water partition coefficient (Wildman–Crippen LogP) is 4.66. The van der Waals surface area contributed by atoms with E-state index in [2.05, 4.69) is 23.8 Å². The van der Waals surface area contributed by atoms with Gasteiger partial charge in [0.1, 0.15) is 0 Å². The lowest BCUT2D eigenvalue weighted by Crippen LogP contribution is -2.25. The van der Waals surface area contributed by atoms with Gasteiger partial charge in [-0.1, -0.05) is 31.3 Å². The van der Waals surface area contributed by atoms with E-state index in [0.29, 0.717) is 11.2 Å². The highest BCUT2D eigenvalue weighted by molar-refractivity contribution is 8.03. The Morgan fingerprint density at radius 1 is 1.16 bits per heavy atom. The van der Waals surface area contributed by atoms with Crippen LogP contribution in [0.2, 0.25) is 0 Å². The molecular formula is C15H27NOS2. The molecule has 0 aliphatic heterocycles. The SMILES string of the molecule is CCCCCCSCCS[C@@H]1/C(=N\O)[C@H]2CC[C@@H]1C2. The molecule has 2 fully saturated rings. The Labute approximate surface area is 126 Å². The minimum absolute atomic E-state index is 0.532. The molecule has 0 radical (unpaired) electrons. The Balaban J connectivity index is 1.54. The van der Waals surface area contributed by atoms with Crippen LogP contribution >= 0.6 is 23.5 Å². The molecule has 3 atom stereocenters. The van der Waals surface area contributed by atoms with Gasteiger partial charge in [-0.2, -0.15) is 23.5 Å². The van der Waals surface area contributed by atoms with Crippen LogP contribution in [0.15, 0.2) is 5.16 Å². The van der Waals surface area contributed by atoms with E-state index in [1.54, 1.807) is 0 Å². The second kappa shape index (κ2) is 8.46. The Kier molecular flexibility index (Phi) is 6.92. The van der Waals surface area contributed by atoms with Crippen molar-refractivity contribution in [2.45, 2.75) is 57.1 Å². The van der Waals surface area contributed by atoms with Crippen LogP contribution in [-0.2, 0) is 0 Å². The summed E-state index contributed by atoms with van der Waals surface area (Å²) in [7, 11) is 0. The topological polar surface area (TPSA) is 32.6 Å². The van der Waals surface area contributed by atoms with Crippen molar-refractivity contribution in [2.75, 3.05) is 17.3 Å². The van der Waals surface area contributed by atoms with Gasteiger partial charge < -0.3 is 5.21 Å². The van der Waals surface area contributed by atoms with Crippen molar-refractivity contribution < 1.29 is 5.21 Å². The number of nitrogens with zero attached hydrogens (tertiary/aromatic N) is 1. The molecule has 0 heterocycles. The quantitative estimate of drug-likeness (QED) is 0.382. The number of thioether (sulfide) groups is 2. The molecule has 2 rings (SSSR count). The largest absolute Gasteiger partial charge is 0.411 e. The molecule has 2 aliphatic rings. The van der Waals surface area contributed by atoms with Gasteiger partial charge in [-0.15, -0.1) is 0 Å². The van der Waals surface area contributed by atoms with E-state index in [-0.39, 0.29) is 0 Å². The number of rotatable bonds is 9. The van der Waals surface area contributed by atoms with Crippen LogP contribution in [0.25, 0.3) is 0 Å². The molecule has 110 valence electrons. The van der Waals surface area contributed by atoms with Crippen molar-refractivity contribution in [1.29, 1.82) is 0 Å². The summed E-state index contributed by atoms with van der Waals surface area (Å²) in [6.45, 7) is 2.26. The molecule has 2 aliphatic carbocycles. The van der Waals surface area contributed by atoms with E-state index < -0.39 is 0 Å². The molecule has 1 N–H and O–H groups in total. The fourth-order valence-electron chi connectivity index (χ4n) is 3.36. The molecule has 0 amide bonds. The fourth-order valence-corrected chi connectivity index (χ4v) is 6.01. The zero-order valence-corrected chi connectivity index (χ0v) is 13.6. The summed E-state index contributed by atoms with van der Waals surface area (Å²) in [5, 5.41) is 13.3. The number of unbranched alkanes of at least 4 members (excludes halogenated alkanes) is 3. The molecule has 0 aromatic heterocycles. The molecule has 0 aromatic rings. The fraction of sp³-hybridized carbons (Fsp3) is 0.933. The van der Waals surface area contributed by atoms with Crippen molar-refractivity contribution in [3.63, 3.8) is 0 Å². The van der Waals surface area contributed by atoms with Gasteiger partial charge in [0.15, 0.2) is 0 Å². The van der Waals surface area contributed by atoms with Crippen molar-refractivity contribution in [3.05, 3.63) is 0 Å². The summed E-state index contributed by atoms with van der Waals surface area (Å²) in [5.41, 5.74) is 1.11. The van der Waals surface area contributed by atoms with Gasteiger partial charge in [-0.3, -0.25) is 0 Å². The van der Waals surface area contributed by atoms with E-state index in [0.717, 1.165) is 11.6 Å². The number of fused-ring (bicyclic) bond motifs is 2. The normalized spacial score (nSPS) is 31.4. The van der Waals surface area contributed by atoms with E-state index in [1.165, 1.54) is 62.2 Å². The smallest absolute Gasteiger partial charge is 0.0734 e. The molecule has 0 unspecified atom stereocenters. The maximum Gasteiger partial charge on any atom is 0.0734 e. The first kappa shape index (κ1) is 15.6. The highest BCUT2D eigenvalue weighted by Gasteiger charge is 2.45. The number of oxime groups is 1. The monoisotopic (exact) mass is 301 g/mol. The minimum atomic E-state index is 0.532. The van der Waals surface area contributed by atoms with Crippen LogP contribution in [0, 0.1) is 11.8 Å². The maximum atomic E-state index is 9.15. The second-order valence-corrected chi connectivity index (χ2v) is 8.23. The van der Waals surface area contributed by atoms with Crippen molar-refractivity contribution >= 4 is 29.2 Å². The molecule has 0 spiro atoms. The van der Waals surface area contributed by atoms with Crippen LogP contribution in [-0.4, -0.2) is 33.4 Å². The molecule has 4 heteroatoms. The number of hydrogen-bond donors (Lipinski definition) is 1. The molecule has 0 saturated heterocycles. The molecule has 2 bridgehead atoms. The molecule has 2 saturated carbocycles. The Morgan fingerprint density at radius 3 is 2.84 bits per heavy atom. The Morgan fingerprint density at radius 2 is 2.05 bits per heavy atom. The number of hydrogen-bond acceptors (Lipinski definition) is 4. The van der Waals surface area contributed by atoms with Gasteiger partial charge in [-0.05, 0) is 37.4 Å². The van der Waals surface area contributed by atoms with E-state index >= 15 is 0 Å². The molecular weight excluding hydrogens is 274 g/mol. The Hall–Kier alpha value is 0.170. The zero-order chi connectivity index (χ0) is 13.5. The lowest BCUT2D eigenvalue weighted by atomic mass is 9.98. The minimum Gasteiger partial charge on any atom is -0.411 e. The van der Waals surface area contributed by atoms with E-state index in [4.69, 9.17) is 5.21 Å². The predicted molar refractivity (Wildman–Crippen MR) is 87.8 cm³/mol. The van der Waals surface area contributed by atoms with Gasteiger partial charge in [-0.25, -0.2) is 0 Å². The Bertz CT molecular complexity index is 296. The van der Waals surface area contributed by atoms with E-state index in [1.807, 2.05) is 11.8 Å². The first-order valence-corrected chi connectivity index (χ1v) is 9.98. The maximum absolute atomic E-state index is 9.15. The van der Waals surface area contributed by atoms with Gasteiger partial charge in [0.05, 0.1) is 5.71 Å². The third kappa shape index (κ3) is 4.32. The van der Waals surface area contributed by atoms with Crippen LogP contribution in [0.3, 0.4) is 0 Å². The first-order chi connectivity index (χ1) is 9.36. The van der Waals surface area contributed by atoms with Gasteiger partial charge in [0, 0.05) is 22.7 Å². The van der Waals surface area contributed by atoms with Crippen molar-refractivity contribution in [3.8, 4) is 0 Å². The van der Waals surface area contributed by atoms with Crippen LogP contribution in [0.5, 0.6) is 0 Å². The average Bonchev–Trinajstić information content (AvgIpc) is 3.02. The van der Waals surface area contributed by atoms with Crippen molar-refractivity contribution in [1.82, 2.24) is 0 Å². The third-order valence-electron chi connectivity index (χ3n) is 4.39. The second-order valence-electron chi connectivity index (χ2n) is 5.76. The summed E-state index contributed by atoms with van der Waals surface area (Å²) < 4.78 is 0. The standard InChI is InChI=1S/C15H27NOS2/c1-2-3-4-5-8-18-9-10-19-15-13-7-6-12(11-13)14(15)16-17/h12-13,15,17H,2-11H2,1H3/b16-14-/t12-,13+,15-/m0/s1. The van der Waals surface area contributed by atoms with Crippen molar-refractivity contribution in [2.24, 2.45) is 17.0 Å². The van der Waals surface area contributed by atoms with Crippen LogP contribution in [0.1, 0.15) is 51.9 Å². The summed E-state index contributed by atoms with van der Waals surface area (Å²) in [4.78, 5) is 0. The summed E-state index contributed by atoms with van der Waals surface area (Å²) in [6, 6.07) is 0. The summed E-state index contributed by atoms with van der Waals surface area (Å²) in [5.74, 6) is 5.19. The highest BCUT2D eigenvalue weighted by atomic mass is 32.2. The molecule has 0 aromatic carbocycles. The van der Waals surface area contributed by atoms with Crippen LogP contribution in [0.4, 0.5) is 0 Å². The van der Waals surface area contributed by atoms with Gasteiger partial charge >= 0.3 is 0 Å². The van der Waals surface area contributed by atoms with E-state index in [9.17, 15) is 0 Å². The lowest BCUT2D eigenvalue weighted by Gasteiger charge is -2.22. The summed E-state index contributed by atoms with van der Waals surface area (Å²) in [6.07, 6.45) is 9.37. The van der Waals surface area contributed by atoms with Gasteiger partial charge in [0.25, 0.3) is 0 Å². The lowest BCUT2D eigenvalue weighted by molar-refractivity contribution is 0.314.